The van der Waals surface area contributed by atoms with Crippen molar-refractivity contribution in [3.63, 3.8) is 0 Å². The van der Waals surface area contributed by atoms with Crippen LogP contribution in [0.25, 0.3) is 0 Å². The topological polar surface area (TPSA) is 55.1 Å². The van der Waals surface area contributed by atoms with Crippen LogP contribution in [-0.4, -0.2) is 18.5 Å². The zero-order valence-electron chi connectivity index (χ0n) is 10.3. The minimum atomic E-state index is -0.368. The predicted octanol–water partition coefficient (Wildman–Crippen LogP) is 1.52. The normalized spacial score (nSPS) is 20.5. The number of nitrogens with one attached hydrogen (secondary N) is 1. The molecule has 0 aromatic heterocycles. The van der Waals surface area contributed by atoms with Crippen LogP contribution >= 0.6 is 0 Å². The minimum absolute atomic E-state index is 0.00285. The monoisotopic (exact) mass is 212 g/mol. The van der Waals surface area contributed by atoms with E-state index in [-0.39, 0.29) is 17.9 Å². The summed E-state index contributed by atoms with van der Waals surface area (Å²) in [6.45, 7) is 9.19. The molecule has 0 aliphatic heterocycles. The molecule has 3 N–H and O–H groups in total. The summed E-state index contributed by atoms with van der Waals surface area (Å²) >= 11 is 0. The summed E-state index contributed by atoms with van der Waals surface area (Å²) in [5.41, 5.74) is 6.14. The van der Waals surface area contributed by atoms with Crippen molar-refractivity contribution in [2.75, 3.05) is 6.54 Å². The van der Waals surface area contributed by atoms with Gasteiger partial charge in [-0.25, -0.2) is 0 Å². The first-order valence-electron chi connectivity index (χ1n) is 5.92. The Bertz CT molecular complexity index is 232. The Labute approximate surface area is 92.8 Å². The van der Waals surface area contributed by atoms with Crippen LogP contribution in [0, 0.1) is 17.3 Å². The van der Waals surface area contributed by atoms with E-state index in [0.717, 1.165) is 6.54 Å². The summed E-state index contributed by atoms with van der Waals surface area (Å²) in [6.07, 6.45) is 2.48. The summed E-state index contributed by atoms with van der Waals surface area (Å²) in [6, 6.07) is -0.368. The van der Waals surface area contributed by atoms with Crippen molar-refractivity contribution in [2.24, 2.45) is 23.0 Å². The molecular weight excluding hydrogens is 188 g/mol. The number of carbonyl (C=O) groups excluding carboxylic acids is 1. The van der Waals surface area contributed by atoms with Crippen LogP contribution in [0.4, 0.5) is 0 Å². The molecule has 0 radical (unpaired) electrons. The van der Waals surface area contributed by atoms with E-state index < -0.39 is 0 Å². The molecule has 0 aromatic carbocycles. The third-order valence-corrected chi connectivity index (χ3v) is 3.75. The van der Waals surface area contributed by atoms with Gasteiger partial charge in [0, 0.05) is 6.54 Å². The van der Waals surface area contributed by atoms with E-state index in [2.05, 4.69) is 19.2 Å². The number of hydrogen-bond acceptors (Lipinski definition) is 2. The largest absolute Gasteiger partial charge is 0.354 e. The molecule has 1 rings (SSSR count). The minimum Gasteiger partial charge on any atom is -0.354 e. The van der Waals surface area contributed by atoms with Crippen molar-refractivity contribution in [3.05, 3.63) is 0 Å². The summed E-state index contributed by atoms with van der Waals surface area (Å²) in [4.78, 5) is 11.6. The molecule has 15 heavy (non-hydrogen) atoms. The molecule has 88 valence electrons. The molecule has 0 spiro atoms. The van der Waals surface area contributed by atoms with E-state index in [9.17, 15) is 4.79 Å². The van der Waals surface area contributed by atoms with Gasteiger partial charge in [-0.15, -0.1) is 0 Å². The highest BCUT2D eigenvalue weighted by Gasteiger charge is 2.45. The van der Waals surface area contributed by atoms with Crippen molar-refractivity contribution in [1.82, 2.24) is 5.32 Å². The lowest BCUT2D eigenvalue weighted by atomic mass is 9.92. The first-order valence-corrected chi connectivity index (χ1v) is 5.92. The summed E-state index contributed by atoms with van der Waals surface area (Å²) in [5, 5.41) is 2.98. The standard InChI is InChI=1S/C12H24N2O/c1-8(2)10(13)11(15)14-7-12(5-6-12)9(3)4/h8-10H,5-7,13H2,1-4H3,(H,14,15)/t10-/m0/s1. The van der Waals surface area contributed by atoms with Gasteiger partial charge < -0.3 is 11.1 Å². The Morgan fingerprint density at radius 1 is 1.33 bits per heavy atom. The van der Waals surface area contributed by atoms with E-state index >= 15 is 0 Å². The van der Waals surface area contributed by atoms with E-state index in [4.69, 9.17) is 5.73 Å². The Morgan fingerprint density at radius 2 is 1.87 bits per heavy atom. The number of nitrogens with two attached hydrogens (primary N) is 1. The first kappa shape index (κ1) is 12.5. The van der Waals surface area contributed by atoms with Crippen LogP contribution in [0.1, 0.15) is 40.5 Å². The molecule has 1 aliphatic rings. The maximum atomic E-state index is 11.6. The Morgan fingerprint density at radius 3 is 2.20 bits per heavy atom. The van der Waals surface area contributed by atoms with Gasteiger partial charge in [0.15, 0.2) is 0 Å². The third-order valence-electron chi connectivity index (χ3n) is 3.75. The quantitative estimate of drug-likeness (QED) is 0.726. The molecule has 1 saturated carbocycles. The van der Waals surface area contributed by atoms with Gasteiger partial charge in [-0.1, -0.05) is 27.7 Å². The summed E-state index contributed by atoms with van der Waals surface area (Å²) in [5.74, 6) is 0.851. The van der Waals surface area contributed by atoms with Gasteiger partial charge in [0.05, 0.1) is 6.04 Å². The molecule has 0 heterocycles. The molecule has 0 bridgehead atoms. The second kappa shape index (κ2) is 4.52. The van der Waals surface area contributed by atoms with E-state index in [1.807, 2.05) is 13.8 Å². The van der Waals surface area contributed by atoms with Crippen LogP contribution in [0.2, 0.25) is 0 Å². The highest BCUT2D eigenvalue weighted by atomic mass is 16.2. The van der Waals surface area contributed by atoms with E-state index in [0.29, 0.717) is 11.3 Å². The first-order chi connectivity index (χ1) is 6.89. The van der Waals surface area contributed by atoms with Gasteiger partial charge >= 0.3 is 0 Å². The fraction of sp³-hybridized carbons (Fsp3) is 0.917. The number of rotatable bonds is 5. The molecular formula is C12H24N2O. The van der Waals surface area contributed by atoms with E-state index in [1.165, 1.54) is 12.8 Å². The number of carbonyl (C=O) groups is 1. The number of hydrogen-bond donors (Lipinski definition) is 2. The zero-order chi connectivity index (χ0) is 11.6. The maximum Gasteiger partial charge on any atom is 0.237 e. The Kier molecular flexibility index (Phi) is 3.77. The van der Waals surface area contributed by atoms with Crippen LogP contribution < -0.4 is 11.1 Å². The SMILES string of the molecule is CC(C)[C@H](N)C(=O)NCC1(C(C)C)CC1. The molecule has 1 amide bonds. The zero-order valence-corrected chi connectivity index (χ0v) is 10.3. The lowest BCUT2D eigenvalue weighted by Crippen LogP contribution is -2.46. The molecule has 3 heteroatoms. The van der Waals surface area contributed by atoms with Gasteiger partial charge in [0.1, 0.15) is 0 Å². The highest BCUT2D eigenvalue weighted by Crippen LogP contribution is 2.51. The van der Waals surface area contributed by atoms with Crippen molar-refractivity contribution < 1.29 is 4.79 Å². The molecule has 0 saturated heterocycles. The molecule has 1 atom stereocenters. The van der Waals surface area contributed by atoms with Crippen LogP contribution in [-0.2, 0) is 4.79 Å². The van der Waals surface area contributed by atoms with Crippen LogP contribution in [0.3, 0.4) is 0 Å². The smallest absolute Gasteiger partial charge is 0.237 e. The van der Waals surface area contributed by atoms with Crippen molar-refractivity contribution >= 4 is 5.91 Å². The van der Waals surface area contributed by atoms with Crippen molar-refractivity contribution in [3.8, 4) is 0 Å². The highest BCUT2D eigenvalue weighted by molar-refractivity contribution is 5.81. The van der Waals surface area contributed by atoms with Gasteiger partial charge in [0.2, 0.25) is 5.91 Å². The van der Waals surface area contributed by atoms with Gasteiger partial charge in [0.25, 0.3) is 0 Å². The van der Waals surface area contributed by atoms with Crippen molar-refractivity contribution in [2.45, 2.75) is 46.6 Å². The second-order valence-electron chi connectivity index (χ2n) is 5.50. The Hall–Kier alpha value is -0.570. The lowest BCUT2D eigenvalue weighted by Gasteiger charge is -2.22. The second-order valence-corrected chi connectivity index (χ2v) is 5.50. The average molecular weight is 212 g/mol. The van der Waals surface area contributed by atoms with Gasteiger partial charge in [-0.05, 0) is 30.1 Å². The molecule has 3 nitrogen and oxygen atoms in total. The molecule has 0 unspecified atom stereocenters. The van der Waals surface area contributed by atoms with Gasteiger partial charge in [-0.3, -0.25) is 4.79 Å². The predicted molar refractivity (Wildman–Crippen MR) is 62.3 cm³/mol. The molecule has 1 aliphatic carbocycles. The fourth-order valence-corrected chi connectivity index (χ4v) is 1.80. The summed E-state index contributed by atoms with van der Waals surface area (Å²) < 4.78 is 0. The average Bonchev–Trinajstić information content (AvgIpc) is 2.93. The maximum absolute atomic E-state index is 11.6. The lowest BCUT2D eigenvalue weighted by molar-refractivity contribution is -0.123. The molecule has 0 aromatic rings. The summed E-state index contributed by atoms with van der Waals surface area (Å²) in [7, 11) is 0. The Balaban J connectivity index is 2.35. The van der Waals surface area contributed by atoms with E-state index in [1.54, 1.807) is 0 Å². The number of amides is 1. The van der Waals surface area contributed by atoms with Crippen LogP contribution in [0.5, 0.6) is 0 Å². The molecule has 1 fully saturated rings. The third kappa shape index (κ3) is 2.94. The van der Waals surface area contributed by atoms with Gasteiger partial charge in [-0.2, -0.15) is 0 Å². The van der Waals surface area contributed by atoms with Crippen molar-refractivity contribution in [1.29, 1.82) is 0 Å². The fourth-order valence-electron chi connectivity index (χ4n) is 1.80. The van der Waals surface area contributed by atoms with Crippen LogP contribution in [0.15, 0.2) is 0 Å².